The summed E-state index contributed by atoms with van der Waals surface area (Å²) in [5.41, 5.74) is 1.45. The van der Waals surface area contributed by atoms with Crippen molar-refractivity contribution in [3.8, 4) is 0 Å². The van der Waals surface area contributed by atoms with Crippen LogP contribution in [0, 0.1) is 0 Å². The summed E-state index contributed by atoms with van der Waals surface area (Å²) in [7, 11) is 0. The molecule has 4 nitrogen and oxygen atoms in total. The maximum atomic E-state index is 12.8. The Morgan fingerprint density at radius 2 is 2.12 bits per heavy atom. The van der Waals surface area contributed by atoms with E-state index in [0.717, 1.165) is 16.9 Å². The lowest BCUT2D eigenvalue weighted by Crippen LogP contribution is -2.06. The van der Waals surface area contributed by atoms with Gasteiger partial charge in [0.15, 0.2) is 11.9 Å². The van der Waals surface area contributed by atoms with Crippen molar-refractivity contribution < 1.29 is 22.6 Å². The van der Waals surface area contributed by atoms with Gasteiger partial charge in [-0.3, -0.25) is 0 Å². The fourth-order valence-electron chi connectivity index (χ4n) is 2.29. The molecule has 0 radical (unpaired) electrons. The minimum absolute atomic E-state index is 0.232. The standard InChI is InChI=1S/C16H12ClF3N2O2S2/c17-10-4-2-1-3-9(10)13-7-12(22-24-13)14-8-21-16(25-14)26(23)6-5-11(18)15(19)20/h1-4,8,13H,5-7H2. The van der Waals surface area contributed by atoms with Crippen LogP contribution in [-0.4, -0.2) is 21.0 Å². The van der Waals surface area contributed by atoms with Crippen LogP contribution in [0.4, 0.5) is 13.2 Å². The molecule has 0 saturated heterocycles. The number of rotatable bonds is 6. The van der Waals surface area contributed by atoms with E-state index in [4.69, 9.17) is 16.4 Å². The van der Waals surface area contributed by atoms with Crippen LogP contribution in [0.15, 0.2) is 51.9 Å². The Labute approximate surface area is 159 Å². The van der Waals surface area contributed by atoms with Gasteiger partial charge in [-0.1, -0.05) is 46.3 Å². The van der Waals surface area contributed by atoms with Gasteiger partial charge < -0.3 is 9.39 Å². The molecule has 0 amide bonds. The molecule has 0 spiro atoms. The minimum atomic E-state index is -2.38. The van der Waals surface area contributed by atoms with E-state index in [1.807, 2.05) is 18.2 Å². The first kappa shape index (κ1) is 19.2. The number of allylic oxidation sites excluding steroid dienone is 1. The average molecular weight is 421 g/mol. The van der Waals surface area contributed by atoms with Gasteiger partial charge in [0.1, 0.15) is 11.5 Å². The van der Waals surface area contributed by atoms with Crippen LogP contribution in [0.2, 0.25) is 5.02 Å². The summed E-state index contributed by atoms with van der Waals surface area (Å²) in [6.07, 6.45) is -1.33. The predicted octanol–water partition coefficient (Wildman–Crippen LogP) is 5.24. The fraction of sp³-hybridized carbons (Fsp3) is 0.250. The van der Waals surface area contributed by atoms with Crippen LogP contribution < -0.4 is 0 Å². The number of benzene rings is 1. The van der Waals surface area contributed by atoms with Gasteiger partial charge in [-0.25, -0.2) is 4.39 Å². The van der Waals surface area contributed by atoms with Gasteiger partial charge in [-0.05, 0) is 6.07 Å². The van der Waals surface area contributed by atoms with Crippen LogP contribution in [0.1, 0.15) is 29.4 Å². The number of hydrogen-bond acceptors (Lipinski definition) is 5. The summed E-state index contributed by atoms with van der Waals surface area (Å²) in [4.78, 5) is 10.1. The molecule has 0 saturated carbocycles. The first-order chi connectivity index (χ1) is 12.5. The second-order valence-corrected chi connectivity index (χ2v) is 8.50. The van der Waals surface area contributed by atoms with Crippen molar-refractivity contribution in [2.24, 2.45) is 5.16 Å². The fourth-order valence-corrected chi connectivity index (χ4v) is 4.78. The summed E-state index contributed by atoms with van der Waals surface area (Å²) < 4.78 is 49.2. The first-order valence-electron chi connectivity index (χ1n) is 7.47. The van der Waals surface area contributed by atoms with Gasteiger partial charge in [0.25, 0.3) is 0 Å². The molecule has 2 heterocycles. The summed E-state index contributed by atoms with van der Waals surface area (Å²) >= 11 is 5.61. The Balaban J connectivity index is 1.63. The lowest BCUT2D eigenvalue weighted by molar-refractivity contribution is 0.0858. The lowest BCUT2D eigenvalue weighted by Gasteiger charge is -2.09. The Kier molecular flexibility index (Phi) is 6.23. The van der Waals surface area contributed by atoms with Gasteiger partial charge in [0, 0.05) is 28.2 Å². The minimum Gasteiger partial charge on any atom is -0.610 e. The molecule has 1 aliphatic rings. The zero-order valence-electron chi connectivity index (χ0n) is 13.1. The Morgan fingerprint density at radius 1 is 1.35 bits per heavy atom. The van der Waals surface area contributed by atoms with Gasteiger partial charge in [0.05, 0.1) is 17.5 Å². The molecule has 26 heavy (non-hydrogen) atoms. The molecular weight excluding hydrogens is 409 g/mol. The van der Waals surface area contributed by atoms with Crippen LogP contribution in [0.5, 0.6) is 0 Å². The molecule has 138 valence electrons. The van der Waals surface area contributed by atoms with E-state index in [1.54, 1.807) is 6.07 Å². The van der Waals surface area contributed by atoms with Crippen LogP contribution in [0.25, 0.3) is 0 Å². The van der Waals surface area contributed by atoms with Crippen molar-refractivity contribution in [1.82, 2.24) is 4.98 Å². The van der Waals surface area contributed by atoms with Gasteiger partial charge in [-0.15, -0.1) is 0 Å². The summed E-state index contributed by atoms with van der Waals surface area (Å²) in [6.45, 7) is 0. The highest BCUT2D eigenvalue weighted by Gasteiger charge is 2.28. The largest absolute Gasteiger partial charge is 0.610 e. The summed E-state index contributed by atoms with van der Waals surface area (Å²) in [5.74, 6) is -1.81. The third-order valence-corrected chi connectivity index (χ3v) is 6.66. The van der Waals surface area contributed by atoms with E-state index in [0.29, 0.717) is 22.0 Å². The zero-order valence-corrected chi connectivity index (χ0v) is 15.5. The van der Waals surface area contributed by atoms with Crippen molar-refractivity contribution >= 4 is 39.8 Å². The average Bonchev–Trinajstić information content (AvgIpc) is 3.28. The molecule has 0 N–H and O–H groups in total. The maximum absolute atomic E-state index is 12.8. The molecule has 1 aromatic carbocycles. The normalized spacial score (nSPS) is 17.6. The number of nitrogens with zero attached hydrogens (tertiary/aromatic N) is 2. The second kappa shape index (κ2) is 8.43. The van der Waals surface area contributed by atoms with Gasteiger partial charge in [0.2, 0.25) is 0 Å². The van der Waals surface area contributed by atoms with Gasteiger partial charge >= 0.3 is 10.4 Å². The zero-order chi connectivity index (χ0) is 18.7. The summed E-state index contributed by atoms with van der Waals surface area (Å²) in [5, 5.41) is 4.62. The maximum Gasteiger partial charge on any atom is 0.302 e. The molecule has 3 rings (SSSR count). The Morgan fingerprint density at radius 3 is 2.85 bits per heavy atom. The number of oxime groups is 1. The molecule has 1 aliphatic heterocycles. The molecule has 2 atom stereocenters. The highest BCUT2D eigenvalue weighted by Crippen LogP contribution is 2.35. The van der Waals surface area contributed by atoms with Crippen molar-refractivity contribution in [3.05, 3.63) is 57.8 Å². The van der Waals surface area contributed by atoms with Crippen LogP contribution in [-0.2, 0) is 16.0 Å². The SMILES string of the molecule is [O-][S+](CCC(F)=C(F)F)c1ncc(C2=NOC(c3ccccc3Cl)C2)s1. The third-order valence-electron chi connectivity index (χ3n) is 3.60. The molecule has 1 aromatic heterocycles. The molecule has 0 aliphatic carbocycles. The number of aromatic nitrogens is 1. The third kappa shape index (κ3) is 4.40. The molecule has 2 aromatic rings. The quantitative estimate of drug-likeness (QED) is 0.600. The van der Waals surface area contributed by atoms with E-state index in [2.05, 4.69) is 10.1 Å². The van der Waals surface area contributed by atoms with E-state index < -0.39 is 29.5 Å². The number of thiazole rings is 1. The molecular formula is C16H12ClF3N2O2S2. The molecule has 0 fully saturated rings. The first-order valence-corrected chi connectivity index (χ1v) is 9.98. The smallest absolute Gasteiger partial charge is 0.302 e. The van der Waals surface area contributed by atoms with E-state index in [9.17, 15) is 17.7 Å². The Hall–Kier alpha value is -1.55. The van der Waals surface area contributed by atoms with E-state index >= 15 is 0 Å². The Bertz CT molecular complexity index is 856. The van der Waals surface area contributed by atoms with Crippen molar-refractivity contribution in [2.45, 2.75) is 23.3 Å². The number of hydrogen-bond donors (Lipinski definition) is 0. The highest BCUT2D eigenvalue weighted by molar-refractivity contribution is 7.93. The van der Waals surface area contributed by atoms with Crippen LogP contribution >= 0.6 is 22.9 Å². The second-order valence-electron chi connectivity index (χ2n) is 5.31. The topological polar surface area (TPSA) is 57.5 Å². The number of halogens is 4. The van der Waals surface area contributed by atoms with E-state index in [-0.39, 0.29) is 16.2 Å². The molecule has 10 heteroatoms. The summed E-state index contributed by atoms with van der Waals surface area (Å²) in [6, 6.07) is 7.29. The van der Waals surface area contributed by atoms with Gasteiger partial charge in [-0.2, -0.15) is 13.8 Å². The lowest BCUT2D eigenvalue weighted by atomic mass is 10.0. The van der Waals surface area contributed by atoms with Crippen molar-refractivity contribution in [2.75, 3.05) is 5.75 Å². The monoisotopic (exact) mass is 420 g/mol. The van der Waals surface area contributed by atoms with Crippen molar-refractivity contribution in [1.29, 1.82) is 0 Å². The van der Waals surface area contributed by atoms with Crippen molar-refractivity contribution in [3.63, 3.8) is 0 Å². The van der Waals surface area contributed by atoms with E-state index in [1.165, 1.54) is 6.20 Å². The predicted molar refractivity (Wildman–Crippen MR) is 94.8 cm³/mol. The molecule has 0 bridgehead atoms. The van der Waals surface area contributed by atoms with Crippen LogP contribution in [0.3, 0.4) is 0 Å². The molecule has 2 unspecified atom stereocenters. The highest BCUT2D eigenvalue weighted by atomic mass is 35.5.